The van der Waals surface area contributed by atoms with Gasteiger partial charge in [-0.2, -0.15) is 0 Å². The summed E-state index contributed by atoms with van der Waals surface area (Å²) in [6, 6.07) is 18.9. The molecule has 1 saturated carbocycles. The van der Waals surface area contributed by atoms with Crippen LogP contribution in [-0.2, 0) is 18.5 Å². The Hall–Kier alpha value is -1.99. The van der Waals surface area contributed by atoms with Crippen LogP contribution in [0.25, 0.3) is 0 Å². The minimum Gasteiger partial charge on any atom is -0.316 e. The van der Waals surface area contributed by atoms with Gasteiger partial charge in [-0.1, -0.05) is 60.0 Å². The molecule has 0 saturated heterocycles. The highest BCUT2D eigenvalue weighted by atomic mass is 79.9. The summed E-state index contributed by atoms with van der Waals surface area (Å²) in [6.07, 6.45) is 3.12. The highest BCUT2D eigenvalue weighted by Crippen LogP contribution is 2.50. The Morgan fingerprint density at radius 3 is 2.06 bits per heavy atom. The zero-order chi connectivity index (χ0) is 23.7. The number of hydrogen-bond acceptors (Lipinski definition) is 2. The lowest BCUT2D eigenvalue weighted by Gasteiger charge is -2.43. The Kier molecular flexibility index (Phi) is 8.16. The zero-order valence-corrected chi connectivity index (χ0v) is 22.7. The number of thiazole rings is 1. The molecule has 0 unspecified atom stereocenters. The van der Waals surface area contributed by atoms with E-state index < -0.39 is 0 Å². The highest BCUT2D eigenvalue weighted by molar-refractivity contribution is 8.93. The van der Waals surface area contributed by atoms with Gasteiger partial charge < -0.3 is 4.57 Å². The first-order chi connectivity index (χ1) is 16.4. The molecular weight excluding hydrogens is 573 g/mol. The molecule has 2 nitrogen and oxygen atoms in total. The first kappa shape index (κ1) is 26.1. The summed E-state index contributed by atoms with van der Waals surface area (Å²) in [7, 11) is 0. The average molecular weight is 596 g/mol. The van der Waals surface area contributed by atoms with E-state index in [1.165, 1.54) is 30.0 Å². The van der Waals surface area contributed by atoms with E-state index in [0.29, 0.717) is 23.1 Å². The predicted octanol–water partition coefficient (Wildman–Crippen LogP) is 8.33. The van der Waals surface area contributed by atoms with Gasteiger partial charge in [0.25, 0.3) is 0 Å². The third-order valence-corrected chi connectivity index (χ3v) is 8.17. The van der Waals surface area contributed by atoms with Crippen molar-refractivity contribution >= 4 is 51.5 Å². The number of hydrogen-bond donors (Lipinski definition) is 0. The monoisotopic (exact) mass is 594 g/mol. The molecule has 1 aliphatic rings. The van der Waals surface area contributed by atoms with Gasteiger partial charge in [0, 0.05) is 16.5 Å². The Bertz CT molecular complexity index is 1380. The van der Waals surface area contributed by atoms with Crippen molar-refractivity contribution in [2.24, 2.45) is 4.99 Å². The van der Waals surface area contributed by atoms with Gasteiger partial charge in [0.05, 0.1) is 23.1 Å². The van der Waals surface area contributed by atoms with Crippen LogP contribution in [0.2, 0.25) is 10.0 Å². The standard InChI is InChI=1S/C27H22Cl2F2N2S.BrH/c28-23-11-6-20(14-24(23)29)27(12-1-13-27)25-17-34-26(32-15-18-2-7-21(30)8-3-18)33(25)16-19-4-9-22(31)10-5-19;/h2-11,14,17H,1,12-13,15-16H2;1H/b32-26+;. The summed E-state index contributed by atoms with van der Waals surface area (Å²) in [5, 5.41) is 3.26. The molecule has 182 valence electrons. The molecule has 5 rings (SSSR count). The lowest BCUT2D eigenvalue weighted by atomic mass is 9.62. The van der Waals surface area contributed by atoms with Crippen LogP contribution in [0.5, 0.6) is 0 Å². The van der Waals surface area contributed by atoms with Crippen LogP contribution in [-0.4, -0.2) is 4.57 Å². The zero-order valence-electron chi connectivity index (χ0n) is 18.7. The maximum absolute atomic E-state index is 13.5. The van der Waals surface area contributed by atoms with E-state index in [1.54, 1.807) is 35.6 Å². The Balaban J connectivity index is 0.00000289. The molecule has 0 radical (unpaired) electrons. The van der Waals surface area contributed by atoms with E-state index in [9.17, 15) is 8.78 Å². The van der Waals surface area contributed by atoms with Crippen LogP contribution in [0.4, 0.5) is 8.78 Å². The summed E-state index contributed by atoms with van der Waals surface area (Å²) < 4.78 is 29.1. The van der Waals surface area contributed by atoms with Crippen LogP contribution in [0.1, 0.15) is 41.6 Å². The molecule has 1 aromatic heterocycles. The van der Waals surface area contributed by atoms with Crippen LogP contribution in [0, 0.1) is 11.6 Å². The fraction of sp³-hybridized carbons (Fsp3) is 0.222. The van der Waals surface area contributed by atoms with E-state index >= 15 is 0 Å². The number of aromatic nitrogens is 1. The molecule has 1 heterocycles. The summed E-state index contributed by atoms with van der Waals surface area (Å²) in [4.78, 5) is 5.75. The van der Waals surface area contributed by atoms with Gasteiger partial charge in [-0.3, -0.25) is 4.99 Å². The fourth-order valence-corrected chi connectivity index (χ4v) is 5.82. The van der Waals surface area contributed by atoms with Crippen molar-refractivity contribution in [3.8, 4) is 0 Å². The summed E-state index contributed by atoms with van der Waals surface area (Å²) >= 11 is 14.2. The summed E-state index contributed by atoms with van der Waals surface area (Å²) in [5.74, 6) is -0.520. The Morgan fingerprint density at radius 2 is 1.49 bits per heavy atom. The van der Waals surface area contributed by atoms with Crippen molar-refractivity contribution in [3.63, 3.8) is 0 Å². The number of nitrogens with zero attached hydrogens (tertiary/aromatic N) is 2. The molecule has 1 fully saturated rings. The van der Waals surface area contributed by atoms with E-state index in [4.69, 9.17) is 28.2 Å². The fourth-order valence-electron chi connectivity index (χ4n) is 4.52. The number of benzene rings is 3. The molecule has 35 heavy (non-hydrogen) atoms. The normalized spacial score (nSPS) is 14.9. The Morgan fingerprint density at radius 1 is 0.857 bits per heavy atom. The van der Waals surface area contributed by atoms with Gasteiger partial charge in [-0.25, -0.2) is 8.78 Å². The minimum atomic E-state index is -0.262. The maximum atomic E-state index is 13.5. The largest absolute Gasteiger partial charge is 0.316 e. The quantitative estimate of drug-likeness (QED) is 0.213. The van der Waals surface area contributed by atoms with Gasteiger partial charge in [0.2, 0.25) is 0 Å². The SMILES string of the molecule is Br.Fc1ccc(C/N=c2/scc(C3(c4ccc(Cl)c(Cl)c4)CCC3)n2Cc2ccc(F)cc2)cc1. The van der Waals surface area contributed by atoms with Crippen molar-refractivity contribution in [1.29, 1.82) is 0 Å². The van der Waals surface area contributed by atoms with Crippen LogP contribution < -0.4 is 4.80 Å². The van der Waals surface area contributed by atoms with E-state index in [1.807, 2.05) is 12.1 Å². The number of rotatable bonds is 6. The first-order valence-corrected chi connectivity index (χ1v) is 12.7. The van der Waals surface area contributed by atoms with Crippen molar-refractivity contribution in [2.75, 3.05) is 0 Å². The van der Waals surface area contributed by atoms with Crippen molar-refractivity contribution in [2.45, 2.75) is 37.8 Å². The van der Waals surface area contributed by atoms with Gasteiger partial charge >= 0.3 is 0 Å². The van der Waals surface area contributed by atoms with E-state index in [-0.39, 0.29) is 34.0 Å². The minimum absolute atomic E-state index is 0. The molecule has 8 heteroatoms. The molecule has 1 aliphatic carbocycles. The van der Waals surface area contributed by atoms with Gasteiger partial charge in [0.1, 0.15) is 11.6 Å². The average Bonchev–Trinajstić information content (AvgIpc) is 3.19. The lowest BCUT2D eigenvalue weighted by molar-refractivity contribution is 0.284. The van der Waals surface area contributed by atoms with Gasteiger partial charge in [0.15, 0.2) is 4.80 Å². The molecule has 4 aromatic rings. The second-order valence-corrected chi connectivity index (χ2v) is 10.3. The molecule has 0 bridgehead atoms. The van der Waals surface area contributed by atoms with Gasteiger partial charge in [-0.15, -0.1) is 28.3 Å². The van der Waals surface area contributed by atoms with Crippen molar-refractivity contribution in [3.05, 3.63) is 121 Å². The molecule has 0 spiro atoms. The molecular formula is C27H23BrCl2F2N2S. The Labute approximate surface area is 227 Å². The molecule has 3 aromatic carbocycles. The molecule has 0 atom stereocenters. The third-order valence-electron chi connectivity index (χ3n) is 6.53. The number of halogens is 5. The second kappa shape index (κ2) is 11.0. The molecule has 0 N–H and O–H groups in total. The maximum Gasteiger partial charge on any atom is 0.185 e. The van der Waals surface area contributed by atoms with Crippen molar-refractivity contribution in [1.82, 2.24) is 4.57 Å². The van der Waals surface area contributed by atoms with Crippen LogP contribution in [0.15, 0.2) is 77.1 Å². The van der Waals surface area contributed by atoms with E-state index in [2.05, 4.69) is 16.0 Å². The molecule has 0 amide bonds. The second-order valence-electron chi connectivity index (χ2n) is 8.62. The predicted molar refractivity (Wildman–Crippen MR) is 145 cm³/mol. The van der Waals surface area contributed by atoms with Crippen molar-refractivity contribution < 1.29 is 8.78 Å². The smallest absolute Gasteiger partial charge is 0.185 e. The summed E-state index contributed by atoms with van der Waals surface area (Å²) in [6.45, 7) is 1.02. The highest BCUT2D eigenvalue weighted by Gasteiger charge is 2.43. The van der Waals surface area contributed by atoms with Gasteiger partial charge in [-0.05, 0) is 65.9 Å². The van der Waals surface area contributed by atoms with Crippen LogP contribution in [0.3, 0.4) is 0 Å². The van der Waals surface area contributed by atoms with Crippen LogP contribution >= 0.6 is 51.5 Å². The molecule has 0 aliphatic heterocycles. The topological polar surface area (TPSA) is 17.3 Å². The summed E-state index contributed by atoms with van der Waals surface area (Å²) in [5.41, 5.74) is 4.07. The lowest BCUT2D eigenvalue weighted by Crippen LogP contribution is -2.39. The first-order valence-electron chi connectivity index (χ1n) is 11.1. The van der Waals surface area contributed by atoms with E-state index in [0.717, 1.165) is 40.8 Å². The third kappa shape index (κ3) is 5.41.